The van der Waals surface area contributed by atoms with Crippen molar-refractivity contribution in [1.29, 1.82) is 0 Å². The highest BCUT2D eigenvalue weighted by molar-refractivity contribution is 6.29. The van der Waals surface area contributed by atoms with E-state index in [2.05, 4.69) is 10.6 Å². The Morgan fingerprint density at radius 2 is 1.88 bits per heavy atom. The van der Waals surface area contributed by atoms with E-state index in [1.54, 1.807) is 0 Å². The summed E-state index contributed by atoms with van der Waals surface area (Å²) in [6, 6.07) is 9.28. The molecule has 2 amide bonds. The molecule has 0 fully saturated rings. The lowest BCUT2D eigenvalue weighted by Crippen LogP contribution is -2.38. The number of benzene rings is 1. The van der Waals surface area contributed by atoms with E-state index in [1.165, 1.54) is 0 Å². The molecule has 1 unspecified atom stereocenters. The molecule has 0 radical (unpaired) electrons. The highest BCUT2D eigenvalue weighted by Gasteiger charge is 2.13. The highest BCUT2D eigenvalue weighted by Crippen LogP contribution is 1.97. The number of carbonyl (C=O) groups excluding carboxylic acids is 2. The topological polar surface area (TPSA) is 58.2 Å². The Morgan fingerprint density at radius 3 is 2.47 bits per heavy atom. The van der Waals surface area contributed by atoms with Gasteiger partial charge in [0.25, 0.3) is 11.5 Å². The fourth-order valence-corrected chi connectivity index (χ4v) is 1.18. The van der Waals surface area contributed by atoms with E-state index in [1.807, 2.05) is 30.3 Å². The first kappa shape index (κ1) is 13.4. The molecule has 1 aromatic carbocycles. The lowest BCUT2D eigenvalue weighted by Gasteiger charge is -2.06. The van der Waals surface area contributed by atoms with Gasteiger partial charge >= 0.3 is 0 Å². The molecule has 2 N–H and O–H groups in total. The summed E-state index contributed by atoms with van der Waals surface area (Å²) in [5.41, 5.74) is -1.19. The molecule has 1 rings (SSSR count). The summed E-state index contributed by atoms with van der Waals surface area (Å²) in [5.74, 6) is -1.42. The minimum Gasteiger partial charge on any atom is -0.350 e. The second-order valence-corrected chi connectivity index (χ2v) is 3.66. The van der Waals surface area contributed by atoms with Crippen LogP contribution in [0.2, 0.25) is 0 Å². The number of hydrogen-bond donors (Lipinski definition) is 2. The van der Waals surface area contributed by atoms with Crippen molar-refractivity contribution in [2.24, 2.45) is 0 Å². The van der Waals surface area contributed by atoms with E-state index < -0.39 is 17.4 Å². The van der Waals surface area contributed by atoms with Gasteiger partial charge in [-0.15, -0.1) is 0 Å². The molecule has 0 heterocycles. The Hall–Kier alpha value is -1.62. The predicted octanol–water partition coefficient (Wildman–Crippen LogP) is 0.953. The minimum absolute atomic E-state index is 0.293. The average Bonchev–Trinajstić information content (AvgIpc) is 2.34. The quantitative estimate of drug-likeness (QED) is 0.773. The molecular weight excluding hydrogens is 247 g/mol. The van der Waals surface area contributed by atoms with Gasteiger partial charge in [0.1, 0.15) is 0 Å². The molecule has 0 spiro atoms. The Morgan fingerprint density at radius 1 is 1.24 bits per heavy atom. The van der Waals surface area contributed by atoms with Crippen molar-refractivity contribution in [2.75, 3.05) is 6.54 Å². The van der Waals surface area contributed by atoms with Gasteiger partial charge in [0.05, 0.1) is 6.54 Å². The molecule has 0 bridgehead atoms. The second kappa shape index (κ2) is 6.85. The van der Waals surface area contributed by atoms with Gasteiger partial charge in [0.15, 0.2) is 0 Å². The largest absolute Gasteiger partial charge is 0.350 e. The van der Waals surface area contributed by atoms with Gasteiger partial charge in [0, 0.05) is 6.54 Å². The van der Waals surface area contributed by atoms with Crippen LogP contribution in [0.25, 0.3) is 0 Å². The fourth-order valence-electron chi connectivity index (χ4n) is 1.10. The van der Waals surface area contributed by atoms with Crippen LogP contribution in [0, 0.1) is 0 Å². The van der Waals surface area contributed by atoms with E-state index in [-0.39, 0.29) is 6.54 Å². The Bertz CT molecular complexity index is 384. The summed E-state index contributed by atoms with van der Waals surface area (Å²) in [5, 5.41) is 4.63. The standard InChI is InChI=1S/C11H12ClFN2O2/c12-10(13)11(17)15-7-9(16)14-6-8-4-2-1-3-5-8/h1-5,10H,6-7H2,(H,14,16)(H,15,17). The third kappa shape index (κ3) is 5.31. The van der Waals surface area contributed by atoms with Gasteiger partial charge in [-0.2, -0.15) is 0 Å². The van der Waals surface area contributed by atoms with E-state index >= 15 is 0 Å². The van der Waals surface area contributed by atoms with Gasteiger partial charge in [-0.25, -0.2) is 4.39 Å². The van der Waals surface area contributed by atoms with Gasteiger partial charge in [-0.05, 0) is 5.56 Å². The second-order valence-electron chi connectivity index (χ2n) is 3.28. The number of halogens is 2. The molecule has 0 aliphatic rings. The SMILES string of the molecule is O=C(CNC(=O)C(F)Cl)NCc1ccccc1. The molecule has 17 heavy (non-hydrogen) atoms. The summed E-state index contributed by atoms with van der Waals surface area (Å²) in [7, 11) is 0. The number of rotatable bonds is 5. The molecule has 0 saturated carbocycles. The third-order valence-corrected chi connectivity index (χ3v) is 2.15. The number of alkyl halides is 2. The van der Waals surface area contributed by atoms with Crippen LogP contribution in [0.4, 0.5) is 4.39 Å². The highest BCUT2D eigenvalue weighted by atomic mass is 35.5. The van der Waals surface area contributed by atoms with Crippen LogP contribution in [0.15, 0.2) is 30.3 Å². The molecule has 0 saturated heterocycles. The molecular formula is C11H12ClFN2O2. The van der Waals surface area contributed by atoms with Crippen molar-refractivity contribution in [1.82, 2.24) is 10.6 Å². The minimum atomic E-state index is -2.13. The van der Waals surface area contributed by atoms with Crippen molar-refractivity contribution in [3.63, 3.8) is 0 Å². The number of nitrogens with one attached hydrogen (secondary N) is 2. The molecule has 4 nitrogen and oxygen atoms in total. The number of carbonyl (C=O) groups is 2. The van der Waals surface area contributed by atoms with Crippen molar-refractivity contribution < 1.29 is 14.0 Å². The van der Waals surface area contributed by atoms with Gasteiger partial charge < -0.3 is 10.6 Å². The number of amides is 2. The fraction of sp³-hybridized carbons (Fsp3) is 0.273. The predicted molar refractivity (Wildman–Crippen MR) is 62.0 cm³/mol. The van der Waals surface area contributed by atoms with E-state index in [0.717, 1.165) is 5.56 Å². The zero-order chi connectivity index (χ0) is 12.7. The Labute approximate surface area is 103 Å². The molecule has 0 aromatic heterocycles. The van der Waals surface area contributed by atoms with Crippen molar-refractivity contribution in [3.05, 3.63) is 35.9 Å². The summed E-state index contributed by atoms with van der Waals surface area (Å²) in [6.45, 7) is 0.0638. The monoisotopic (exact) mass is 258 g/mol. The van der Waals surface area contributed by atoms with E-state index in [0.29, 0.717) is 6.54 Å². The van der Waals surface area contributed by atoms with E-state index in [4.69, 9.17) is 11.6 Å². The first-order valence-electron chi connectivity index (χ1n) is 4.96. The molecule has 1 aromatic rings. The van der Waals surface area contributed by atoms with Crippen LogP contribution in [-0.4, -0.2) is 24.0 Å². The normalized spacial score (nSPS) is 11.6. The zero-order valence-electron chi connectivity index (χ0n) is 8.95. The molecule has 0 aliphatic heterocycles. The first-order chi connectivity index (χ1) is 8.09. The zero-order valence-corrected chi connectivity index (χ0v) is 9.71. The van der Waals surface area contributed by atoms with E-state index in [9.17, 15) is 14.0 Å². The average molecular weight is 259 g/mol. The van der Waals surface area contributed by atoms with Crippen LogP contribution >= 0.6 is 11.6 Å². The number of hydrogen-bond acceptors (Lipinski definition) is 2. The van der Waals surface area contributed by atoms with Gasteiger partial charge in [-0.3, -0.25) is 9.59 Å². The lowest BCUT2D eigenvalue weighted by molar-refractivity contribution is -0.127. The summed E-state index contributed by atoms with van der Waals surface area (Å²) < 4.78 is 12.2. The van der Waals surface area contributed by atoms with Crippen LogP contribution in [0.1, 0.15) is 5.56 Å². The van der Waals surface area contributed by atoms with Crippen molar-refractivity contribution in [3.8, 4) is 0 Å². The van der Waals surface area contributed by atoms with Crippen molar-refractivity contribution >= 4 is 23.4 Å². The Balaban J connectivity index is 2.24. The molecule has 1 atom stereocenters. The van der Waals surface area contributed by atoms with Gasteiger partial charge in [0.2, 0.25) is 5.91 Å². The molecule has 6 heteroatoms. The Kier molecular flexibility index (Phi) is 5.42. The smallest absolute Gasteiger partial charge is 0.270 e. The maximum atomic E-state index is 12.2. The van der Waals surface area contributed by atoms with Crippen LogP contribution in [0.5, 0.6) is 0 Å². The summed E-state index contributed by atoms with van der Waals surface area (Å²) >= 11 is 4.87. The molecule has 0 aliphatic carbocycles. The van der Waals surface area contributed by atoms with Gasteiger partial charge in [-0.1, -0.05) is 41.9 Å². The molecule has 92 valence electrons. The maximum absolute atomic E-state index is 12.2. The third-order valence-electron chi connectivity index (χ3n) is 1.95. The van der Waals surface area contributed by atoms with Crippen LogP contribution in [0.3, 0.4) is 0 Å². The van der Waals surface area contributed by atoms with Crippen LogP contribution in [-0.2, 0) is 16.1 Å². The lowest BCUT2D eigenvalue weighted by atomic mass is 10.2. The van der Waals surface area contributed by atoms with Crippen molar-refractivity contribution in [2.45, 2.75) is 12.2 Å². The summed E-state index contributed by atoms with van der Waals surface area (Å²) in [6.07, 6.45) is 0. The van der Waals surface area contributed by atoms with Crippen LogP contribution < -0.4 is 10.6 Å². The summed E-state index contributed by atoms with van der Waals surface area (Å²) in [4.78, 5) is 22.0. The first-order valence-corrected chi connectivity index (χ1v) is 5.39. The maximum Gasteiger partial charge on any atom is 0.270 e.